The molecule has 10 heteroatoms. The molecule has 0 saturated carbocycles. The molecule has 130 valence electrons. The lowest BCUT2D eigenvalue weighted by atomic mass is 10.1. The average Bonchev–Trinajstić information content (AvgIpc) is 3.01. The van der Waals surface area contributed by atoms with E-state index in [9.17, 15) is 4.39 Å². The zero-order valence-corrected chi connectivity index (χ0v) is 14.3. The van der Waals surface area contributed by atoms with Gasteiger partial charge >= 0.3 is 0 Å². The standard InChI is InChI=1S/C15H12Cl2FN5O2/c1-7(12-9(16)2-3-10(18)13(12)17)25-11-4-5-23-15(21-11)8(6-20-23)14(19)22-24/h2-7,24H,1H3,(H2,19,22)/t7-/m1/s1. The number of fused-ring (bicyclic) bond motifs is 1. The average molecular weight is 384 g/mol. The number of aromatic nitrogens is 3. The third-order valence-electron chi connectivity index (χ3n) is 3.51. The second kappa shape index (κ2) is 6.73. The molecule has 3 aromatic rings. The molecular formula is C15H12Cl2FN5O2. The van der Waals surface area contributed by atoms with Gasteiger partial charge in [0.05, 0.1) is 16.8 Å². The topological polar surface area (TPSA) is 98.0 Å². The van der Waals surface area contributed by atoms with Gasteiger partial charge < -0.3 is 15.7 Å². The molecule has 0 aliphatic rings. The molecule has 2 heterocycles. The zero-order chi connectivity index (χ0) is 18.1. The lowest BCUT2D eigenvalue weighted by molar-refractivity contribution is 0.217. The van der Waals surface area contributed by atoms with E-state index in [1.54, 1.807) is 19.2 Å². The molecule has 1 atom stereocenters. The minimum absolute atomic E-state index is 0.109. The van der Waals surface area contributed by atoms with Crippen molar-refractivity contribution in [2.75, 3.05) is 0 Å². The van der Waals surface area contributed by atoms with Gasteiger partial charge in [0, 0.05) is 22.8 Å². The highest BCUT2D eigenvalue weighted by atomic mass is 35.5. The van der Waals surface area contributed by atoms with Gasteiger partial charge in [-0.15, -0.1) is 0 Å². The number of rotatable bonds is 4. The van der Waals surface area contributed by atoms with Gasteiger partial charge in [-0.1, -0.05) is 28.4 Å². The van der Waals surface area contributed by atoms with Gasteiger partial charge in [-0.25, -0.2) is 8.91 Å². The van der Waals surface area contributed by atoms with Gasteiger partial charge in [0.2, 0.25) is 5.88 Å². The Hall–Kier alpha value is -2.58. The molecule has 0 aliphatic heterocycles. The quantitative estimate of drug-likeness (QED) is 0.236. The summed E-state index contributed by atoms with van der Waals surface area (Å²) in [6, 6.07) is 4.15. The maximum atomic E-state index is 13.7. The third kappa shape index (κ3) is 3.18. The van der Waals surface area contributed by atoms with Crippen LogP contribution in [0.1, 0.15) is 24.2 Å². The Morgan fingerprint density at radius 1 is 1.40 bits per heavy atom. The van der Waals surface area contributed by atoms with Gasteiger partial charge in [0.25, 0.3) is 0 Å². The molecule has 0 saturated heterocycles. The SMILES string of the molecule is C[C@@H](Oc1ccn2ncc(/C(N)=N/O)c2n1)c1c(Cl)ccc(F)c1Cl. The fourth-order valence-corrected chi connectivity index (χ4v) is 2.99. The lowest BCUT2D eigenvalue weighted by Gasteiger charge is -2.17. The van der Waals surface area contributed by atoms with E-state index in [2.05, 4.69) is 15.2 Å². The number of nitrogens with two attached hydrogens (primary N) is 1. The number of nitrogens with zero attached hydrogens (tertiary/aromatic N) is 4. The predicted octanol–water partition coefficient (Wildman–Crippen LogP) is 3.41. The molecule has 0 spiro atoms. The first-order valence-corrected chi connectivity index (χ1v) is 7.80. The van der Waals surface area contributed by atoms with Crippen LogP contribution in [0.2, 0.25) is 10.0 Å². The maximum Gasteiger partial charge on any atom is 0.217 e. The predicted molar refractivity (Wildman–Crippen MR) is 91.0 cm³/mol. The Kier molecular flexibility index (Phi) is 4.65. The van der Waals surface area contributed by atoms with Gasteiger partial charge in [-0.2, -0.15) is 10.1 Å². The largest absolute Gasteiger partial charge is 0.470 e. The van der Waals surface area contributed by atoms with Crippen molar-refractivity contribution in [2.24, 2.45) is 10.9 Å². The van der Waals surface area contributed by atoms with E-state index in [0.29, 0.717) is 16.8 Å². The molecule has 25 heavy (non-hydrogen) atoms. The van der Waals surface area contributed by atoms with Crippen molar-refractivity contribution in [2.45, 2.75) is 13.0 Å². The molecule has 0 amide bonds. The first-order valence-electron chi connectivity index (χ1n) is 7.04. The fraction of sp³-hybridized carbons (Fsp3) is 0.133. The molecular weight excluding hydrogens is 372 g/mol. The number of oxime groups is 1. The van der Waals surface area contributed by atoms with Crippen molar-refractivity contribution >= 4 is 34.7 Å². The van der Waals surface area contributed by atoms with Crippen molar-refractivity contribution < 1.29 is 14.3 Å². The molecule has 2 aromatic heterocycles. The highest BCUT2D eigenvalue weighted by molar-refractivity contribution is 6.36. The van der Waals surface area contributed by atoms with Crippen LogP contribution in [0.25, 0.3) is 5.65 Å². The smallest absolute Gasteiger partial charge is 0.217 e. The minimum Gasteiger partial charge on any atom is -0.470 e. The Bertz CT molecular complexity index is 976. The van der Waals surface area contributed by atoms with Gasteiger partial charge in [0.1, 0.15) is 11.9 Å². The van der Waals surface area contributed by atoms with Crippen LogP contribution < -0.4 is 10.5 Å². The molecule has 0 bridgehead atoms. The fourth-order valence-electron chi connectivity index (χ4n) is 2.31. The molecule has 1 aromatic carbocycles. The summed E-state index contributed by atoms with van der Waals surface area (Å²) in [7, 11) is 0. The highest BCUT2D eigenvalue weighted by Gasteiger charge is 2.20. The minimum atomic E-state index is -0.666. The summed E-state index contributed by atoms with van der Waals surface area (Å²) in [6.45, 7) is 1.67. The van der Waals surface area contributed by atoms with Crippen LogP contribution in [-0.2, 0) is 0 Å². The summed E-state index contributed by atoms with van der Waals surface area (Å²) in [5.41, 5.74) is 6.57. The van der Waals surface area contributed by atoms with E-state index >= 15 is 0 Å². The summed E-state index contributed by atoms with van der Waals surface area (Å²) >= 11 is 12.1. The van der Waals surface area contributed by atoms with Crippen molar-refractivity contribution in [3.63, 3.8) is 0 Å². The molecule has 0 unspecified atom stereocenters. The van der Waals surface area contributed by atoms with E-state index < -0.39 is 11.9 Å². The van der Waals surface area contributed by atoms with Crippen LogP contribution in [0.3, 0.4) is 0 Å². The van der Waals surface area contributed by atoms with Crippen molar-refractivity contribution in [1.82, 2.24) is 14.6 Å². The summed E-state index contributed by atoms with van der Waals surface area (Å²) in [6.07, 6.45) is 2.33. The van der Waals surface area contributed by atoms with Gasteiger partial charge in [0.15, 0.2) is 11.5 Å². The summed E-state index contributed by atoms with van der Waals surface area (Å²) in [5.74, 6) is -0.516. The van der Waals surface area contributed by atoms with Crippen molar-refractivity contribution in [1.29, 1.82) is 0 Å². The number of hydrogen-bond acceptors (Lipinski definition) is 5. The molecule has 0 radical (unpaired) electrons. The number of halogens is 3. The van der Waals surface area contributed by atoms with E-state index in [4.69, 9.17) is 38.9 Å². The summed E-state index contributed by atoms with van der Waals surface area (Å²) in [5, 5.41) is 16.0. The lowest BCUT2D eigenvalue weighted by Crippen LogP contribution is -2.13. The van der Waals surface area contributed by atoms with Crippen LogP contribution >= 0.6 is 23.2 Å². The number of amidine groups is 1. The maximum absolute atomic E-state index is 13.7. The molecule has 3 N–H and O–H groups in total. The molecule has 3 rings (SSSR count). The Balaban J connectivity index is 1.97. The van der Waals surface area contributed by atoms with Crippen LogP contribution in [-0.4, -0.2) is 25.6 Å². The van der Waals surface area contributed by atoms with Crippen molar-refractivity contribution in [3.05, 3.63) is 57.6 Å². The zero-order valence-electron chi connectivity index (χ0n) is 12.8. The number of benzene rings is 1. The third-order valence-corrected chi connectivity index (χ3v) is 4.22. The molecule has 7 nitrogen and oxygen atoms in total. The first kappa shape index (κ1) is 17.2. The Labute approximate surface area is 151 Å². The van der Waals surface area contributed by atoms with E-state index in [0.717, 1.165) is 0 Å². The second-order valence-electron chi connectivity index (χ2n) is 5.09. The molecule has 0 fully saturated rings. The van der Waals surface area contributed by atoms with E-state index in [1.165, 1.54) is 22.8 Å². The normalized spacial score (nSPS) is 13.2. The number of hydrogen-bond donors (Lipinski definition) is 2. The Morgan fingerprint density at radius 2 is 2.16 bits per heavy atom. The second-order valence-corrected chi connectivity index (χ2v) is 5.88. The first-order chi connectivity index (χ1) is 11.9. The summed E-state index contributed by atoms with van der Waals surface area (Å²) in [4.78, 5) is 4.28. The van der Waals surface area contributed by atoms with Gasteiger partial charge in [-0.3, -0.25) is 0 Å². The van der Waals surface area contributed by atoms with E-state index in [-0.39, 0.29) is 21.8 Å². The molecule has 0 aliphatic carbocycles. The van der Waals surface area contributed by atoms with Crippen molar-refractivity contribution in [3.8, 4) is 5.88 Å². The number of ether oxygens (including phenoxy) is 1. The van der Waals surface area contributed by atoms with Crippen LogP contribution in [0, 0.1) is 5.82 Å². The monoisotopic (exact) mass is 383 g/mol. The van der Waals surface area contributed by atoms with Crippen LogP contribution in [0.15, 0.2) is 35.7 Å². The summed E-state index contributed by atoms with van der Waals surface area (Å²) < 4.78 is 20.9. The highest BCUT2D eigenvalue weighted by Crippen LogP contribution is 2.34. The van der Waals surface area contributed by atoms with E-state index in [1.807, 2.05) is 0 Å². The van der Waals surface area contributed by atoms with Crippen LogP contribution in [0.5, 0.6) is 5.88 Å². The van der Waals surface area contributed by atoms with Gasteiger partial charge in [-0.05, 0) is 19.1 Å². The van der Waals surface area contributed by atoms with Crippen LogP contribution in [0.4, 0.5) is 4.39 Å². The Morgan fingerprint density at radius 3 is 2.88 bits per heavy atom.